The molecule has 0 bridgehead atoms. The maximum Gasteiger partial charge on any atom is 0.419 e. The third kappa shape index (κ3) is 5.85. The number of anilines is 1. The van der Waals surface area contributed by atoms with Crippen LogP contribution < -0.4 is 14.2 Å². The van der Waals surface area contributed by atoms with Crippen LogP contribution in [0.4, 0.5) is 18.9 Å². The van der Waals surface area contributed by atoms with E-state index >= 15 is 0 Å². The second-order valence-corrected chi connectivity index (χ2v) is 11.6. The number of hydrogen-bond acceptors (Lipinski definition) is 6. The molecular formula is C23H22ClF3N2O4S2. The van der Waals surface area contributed by atoms with Crippen molar-refractivity contribution in [3.8, 4) is 22.6 Å². The van der Waals surface area contributed by atoms with E-state index in [0.717, 1.165) is 29.5 Å². The van der Waals surface area contributed by atoms with E-state index in [0.29, 0.717) is 36.4 Å². The van der Waals surface area contributed by atoms with Crippen molar-refractivity contribution in [1.29, 1.82) is 0 Å². The first kappa shape index (κ1) is 25.6. The highest BCUT2D eigenvalue weighted by atomic mass is 35.5. The molecule has 1 fully saturated rings. The number of likely N-dealkylation sites (N-methyl/N-ethyl adjacent to an activating group) is 1. The number of nitrogens with one attached hydrogen (secondary N) is 1. The average molecular weight is 547 g/mol. The van der Waals surface area contributed by atoms with E-state index in [1.54, 1.807) is 24.3 Å². The van der Waals surface area contributed by atoms with Crippen LogP contribution in [0.15, 0.2) is 52.7 Å². The lowest BCUT2D eigenvalue weighted by molar-refractivity contribution is -0.139. The number of likely N-dealkylation sites (tertiary alicyclic amines) is 1. The lowest BCUT2D eigenvalue weighted by atomic mass is 10.1. The Bertz CT molecular complexity index is 1310. The molecule has 0 aliphatic carbocycles. The Morgan fingerprint density at radius 1 is 1.14 bits per heavy atom. The van der Waals surface area contributed by atoms with Gasteiger partial charge in [0.25, 0.3) is 10.0 Å². The quantitative estimate of drug-likeness (QED) is 0.395. The summed E-state index contributed by atoms with van der Waals surface area (Å²) in [5.41, 5.74) is -0.0544. The van der Waals surface area contributed by atoms with Crippen LogP contribution in [0.2, 0.25) is 4.34 Å². The number of hydrogen-bond donors (Lipinski definition) is 1. The van der Waals surface area contributed by atoms with Gasteiger partial charge in [-0.25, -0.2) is 8.42 Å². The summed E-state index contributed by atoms with van der Waals surface area (Å²) in [6.45, 7) is 1.18. The number of nitrogens with zero attached hydrogens (tertiary/aromatic N) is 1. The first-order valence-corrected chi connectivity index (χ1v) is 13.2. The van der Waals surface area contributed by atoms with Crippen LogP contribution in [-0.2, 0) is 16.2 Å². The average Bonchev–Trinajstić information content (AvgIpc) is 3.38. The summed E-state index contributed by atoms with van der Waals surface area (Å²) >= 11 is 6.99. The van der Waals surface area contributed by atoms with Gasteiger partial charge in [0.15, 0.2) is 0 Å². The number of alkyl halides is 3. The third-order valence-corrected chi connectivity index (χ3v) is 8.67. The molecule has 1 saturated heterocycles. The highest BCUT2D eigenvalue weighted by Gasteiger charge is 2.36. The molecule has 1 aliphatic heterocycles. The number of halogens is 4. The van der Waals surface area contributed by atoms with Crippen molar-refractivity contribution in [2.24, 2.45) is 0 Å². The van der Waals surface area contributed by atoms with E-state index < -0.39 is 33.6 Å². The van der Waals surface area contributed by atoms with Gasteiger partial charge < -0.3 is 14.4 Å². The lowest BCUT2D eigenvalue weighted by Gasteiger charge is -2.19. The van der Waals surface area contributed by atoms with Gasteiger partial charge in [-0.1, -0.05) is 23.7 Å². The molecule has 0 amide bonds. The minimum absolute atomic E-state index is 0.0513. The molecule has 12 heteroatoms. The molecule has 1 aromatic heterocycles. The Morgan fingerprint density at radius 3 is 2.46 bits per heavy atom. The van der Waals surface area contributed by atoms with E-state index in [1.807, 2.05) is 11.9 Å². The Kier molecular flexibility index (Phi) is 7.23. The van der Waals surface area contributed by atoms with Gasteiger partial charge in [-0.05, 0) is 49.4 Å². The molecule has 0 radical (unpaired) electrons. The maximum absolute atomic E-state index is 13.6. The van der Waals surface area contributed by atoms with Gasteiger partial charge in [0.2, 0.25) is 0 Å². The van der Waals surface area contributed by atoms with E-state index in [2.05, 4.69) is 4.72 Å². The second-order valence-electron chi connectivity index (χ2n) is 8.09. The Morgan fingerprint density at radius 2 is 1.86 bits per heavy atom. The fourth-order valence-electron chi connectivity index (χ4n) is 3.81. The van der Waals surface area contributed by atoms with Crippen LogP contribution in [0.1, 0.15) is 12.0 Å². The second kappa shape index (κ2) is 9.88. The maximum atomic E-state index is 13.6. The smallest absolute Gasteiger partial charge is 0.419 e. The van der Waals surface area contributed by atoms with Crippen LogP contribution >= 0.6 is 22.9 Å². The molecule has 1 N–H and O–H groups in total. The van der Waals surface area contributed by atoms with Crippen LogP contribution in [0, 0.1) is 0 Å². The molecule has 188 valence electrons. The van der Waals surface area contributed by atoms with Crippen molar-refractivity contribution in [2.75, 3.05) is 32.0 Å². The third-order valence-electron chi connectivity index (χ3n) is 5.49. The zero-order chi connectivity index (χ0) is 25.4. The fraction of sp³-hybridized carbons (Fsp3) is 0.304. The predicted molar refractivity (Wildman–Crippen MR) is 130 cm³/mol. The van der Waals surface area contributed by atoms with Crippen molar-refractivity contribution >= 4 is 38.6 Å². The first-order valence-electron chi connectivity index (χ1n) is 10.5. The minimum atomic E-state index is -4.65. The number of thiophene rings is 1. The zero-order valence-corrected chi connectivity index (χ0v) is 21.1. The molecule has 35 heavy (non-hydrogen) atoms. The number of sulfonamides is 1. The molecule has 1 atom stereocenters. The van der Waals surface area contributed by atoms with Crippen molar-refractivity contribution in [3.05, 3.63) is 58.4 Å². The van der Waals surface area contributed by atoms with Crippen molar-refractivity contribution < 1.29 is 31.1 Å². The van der Waals surface area contributed by atoms with Gasteiger partial charge >= 0.3 is 6.18 Å². The SMILES string of the molecule is COc1ccc(-c2cc(Cl)sc2S(=O)(=O)Nc2ccc(C(F)(F)F)c(OC3CCN(C)C3)c2)cc1. The molecule has 1 aliphatic rings. The molecule has 2 heterocycles. The first-order chi connectivity index (χ1) is 16.5. The van der Waals surface area contributed by atoms with E-state index in [9.17, 15) is 21.6 Å². The largest absolute Gasteiger partial charge is 0.497 e. The zero-order valence-electron chi connectivity index (χ0n) is 18.7. The number of methoxy groups -OCH3 is 1. The minimum Gasteiger partial charge on any atom is -0.497 e. The summed E-state index contributed by atoms with van der Waals surface area (Å²) in [6, 6.07) is 11.2. The molecule has 6 nitrogen and oxygen atoms in total. The summed E-state index contributed by atoms with van der Waals surface area (Å²) in [5, 5.41) is 0. The van der Waals surface area contributed by atoms with Crippen LogP contribution in [0.3, 0.4) is 0 Å². The molecule has 0 saturated carbocycles. The Hall–Kier alpha value is -2.47. The van der Waals surface area contributed by atoms with E-state index in [-0.39, 0.29) is 14.2 Å². The summed E-state index contributed by atoms with van der Waals surface area (Å²) in [6.07, 6.45) is -4.51. The molecule has 2 aromatic carbocycles. The van der Waals surface area contributed by atoms with E-state index in [1.165, 1.54) is 13.2 Å². The number of benzene rings is 2. The molecule has 1 unspecified atom stereocenters. The number of ether oxygens (including phenoxy) is 2. The topological polar surface area (TPSA) is 67.9 Å². The summed E-state index contributed by atoms with van der Waals surface area (Å²) in [7, 11) is -0.811. The fourth-order valence-corrected chi connectivity index (χ4v) is 6.75. The summed E-state index contributed by atoms with van der Waals surface area (Å²) in [5.74, 6) is 0.181. The highest BCUT2D eigenvalue weighted by Crippen LogP contribution is 2.41. The van der Waals surface area contributed by atoms with Gasteiger partial charge in [0, 0.05) is 24.7 Å². The predicted octanol–water partition coefficient (Wildman–Crippen LogP) is 5.98. The Balaban J connectivity index is 1.66. The van der Waals surface area contributed by atoms with Crippen molar-refractivity contribution in [1.82, 2.24) is 4.90 Å². The standard InChI is InChI=1S/C23H22ClF3N2O4S2/c1-29-10-9-17(13-29)33-20-11-15(5-8-19(20)23(25,26)27)28-35(30,31)22-18(12-21(24)34-22)14-3-6-16(32-2)7-4-14/h3-8,11-12,17,28H,9-10,13H2,1-2H3. The van der Waals surface area contributed by atoms with Gasteiger partial charge in [0.1, 0.15) is 21.8 Å². The van der Waals surface area contributed by atoms with Crippen LogP contribution in [-0.4, -0.2) is 46.7 Å². The van der Waals surface area contributed by atoms with Crippen LogP contribution in [0.25, 0.3) is 11.1 Å². The summed E-state index contributed by atoms with van der Waals surface area (Å²) < 4.78 is 80.6. The number of rotatable bonds is 7. The Labute approximate surface area is 210 Å². The lowest BCUT2D eigenvalue weighted by Crippen LogP contribution is -2.23. The van der Waals surface area contributed by atoms with Crippen molar-refractivity contribution in [2.45, 2.75) is 22.9 Å². The normalized spacial score (nSPS) is 16.9. The van der Waals surface area contributed by atoms with Gasteiger partial charge in [-0.2, -0.15) is 13.2 Å². The summed E-state index contributed by atoms with van der Waals surface area (Å²) in [4.78, 5) is 1.95. The molecule has 4 rings (SSSR count). The van der Waals surface area contributed by atoms with Gasteiger partial charge in [0.05, 0.1) is 22.7 Å². The molecule has 3 aromatic rings. The van der Waals surface area contributed by atoms with Gasteiger partial charge in [-0.3, -0.25) is 4.72 Å². The molecule has 0 spiro atoms. The monoisotopic (exact) mass is 546 g/mol. The van der Waals surface area contributed by atoms with Crippen LogP contribution in [0.5, 0.6) is 11.5 Å². The molecular weight excluding hydrogens is 525 g/mol. The van der Waals surface area contributed by atoms with E-state index in [4.69, 9.17) is 21.1 Å². The highest BCUT2D eigenvalue weighted by molar-refractivity contribution is 7.94. The van der Waals surface area contributed by atoms with Gasteiger partial charge in [-0.15, -0.1) is 11.3 Å². The van der Waals surface area contributed by atoms with Crippen molar-refractivity contribution in [3.63, 3.8) is 0 Å².